The minimum Gasteiger partial charge on any atom is -0.338 e. The second-order valence-electron chi connectivity index (χ2n) is 5.06. The van der Waals surface area contributed by atoms with Crippen LogP contribution in [0.2, 0.25) is 5.02 Å². The van der Waals surface area contributed by atoms with E-state index in [1.807, 2.05) is 12.1 Å². The third kappa shape index (κ3) is 2.86. The third-order valence-corrected chi connectivity index (χ3v) is 4.57. The first kappa shape index (κ1) is 13.8. The normalized spacial score (nSPS) is 14.4. The molecule has 1 saturated carbocycles. The Morgan fingerprint density at radius 1 is 1.27 bits per heavy atom. The summed E-state index contributed by atoms with van der Waals surface area (Å²) in [7, 11) is 0. The van der Waals surface area contributed by atoms with Crippen molar-refractivity contribution >= 4 is 23.4 Å². The van der Waals surface area contributed by atoms with Gasteiger partial charge in [-0.3, -0.25) is 0 Å². The van der Waals surface area contributed by atoms with E-state index in [-0.39, 0.29) is 0 Å². The zero-order valence-corrected chi connectivity index (χ0v) is 13.1. The Hall–Kier alpha value is -1.86. The molecule has 1 aliphatic rings. The monoisotopic (exact) mass is 333 g/mol. The number of hydrogen-bond acceptors (Lipinski definition) is 6. The highest BCUT2D eigenvalue weighted by Gasteiger charge is 2.26. The summed E-state index contributed by atoms with van der Waals surface area (Å²) in [6.45, 7) is 0. The van der Waals surface area contributed by atoms with Gasteiger partial charge in [0.05, 0.1) is 5.75 Å². The van der Waals surface area contributed by atoms with Crippen LogP contribution in [-0.4, -0.2) is 24.9 Å². The molecule has 2 aromatic heterocycles. The average Bonchev–Trinajstić information content (AvgIpc) is 3.09. The summed E-state index contributed by atoms with van der Waals surface area (Å²) in [5, 5.41) is 13.7. The molecule has 4 rings (SSSR count). The first-order valence-corrected chi connectivity index (χ1v) is 8.27. The molecular weight excluding hydrogens is 322 g/mol. The van der Waals surface area contributed by atoms with E-state index < -0.39 is 0 Å². The van der Waals surface area contributed by atoms with E-state index in [1.165, 1.54) is 12.8 Å². The molecule has 6 nitrogen and oxygen atoms in total. The standard InChI is InChI=1S/C14H12ClN5OS/c15-10-3-1-9(2-4-10)13-17-12(21-19-13)7-22-14-18-16-8-20(14)11-5-6-11/h1-4,8,11H,5-7H2. The molecular formula is C14H12ClN5OS. The van der Waals surface area contributed by atoms with Gasteiger partial charge in [-0.15, -0.1) is 10.2 Å². The Kier molecular flexibility index (Phi) is 3.59. The predicted molar refractivity (Wildman–Crippen MR) is 82.6 cm³/mol. The van der Waals surface area contributed by atoms with Crippen LogP contribution >= 0.6 is 23.4 Å². The van der Waals surface area contributed by atoms with E-state index in [0.717, 1.165) is 10.7 Å². The Labute approximate surface area is 135 Å². The fourth-order valence-corrected chi connectivity index (χ4v) is 3.04. The van der Waals surface area contributed by atoms with Crippen LogP contribution in [0.1, 0.15) is 24.8 Å². The molecule has 1 fully saturated rings. The molecule has 1 aliphatic carbocycles. The van der Waals surface area contributed by atoms with E-state index in [1.54, 1.807) is 30.2 Å². The number of halogens is 1. The quantitative estimate of drug-likeness (QED) is 0.664. The van der Waals surface area contributed by atoms with Crippen molar-refractivity contribution in [2.24, 2.45) is 0 Å². The number of aromatic nitrogens is 5. The van der Waals surface area contributed by atoms with Gasteiger partial charge in [0, 0.05) is 16.6 Å². The molecule has 0 amide bonds. The fraction of sp³-hybridized carbons (Fsp3) is 0.286. The van der Waals surface area contributed by atoms with Gasteiger partial charge in [-0.25, -0.2) is 0 Å². The molecule has 0 radical (unpaired) electrons. The summed E-state index contributed by atoms with van der Waals surface area (Å²) in [6.07, 6.45) is 4.19. The SMILES string of the molecule is Clc1ccc(-c2noc(CSc3nncn3C3CC3)n2)cc1. The second-order valence-corrected chi connectivity index (χ2v) is 6.44. The summed E-state index contributed by atoms with van der Waals surface area (Å²) < 4.78 is 7.40. The van der Waals surface area contributed by atoms with Crippen LogP contribution in [0.15, 0.2) is 40.3 Å². The summed E-state index contributed by atoms with van der Waals surface area (Å²) in [6, 6.07) is 7.91. The molecule has 8 heteroatoms. The van der Waals surface area contributed by atoms with Gasteiger partial charge in [-0.05, 0) is 37.1 Å². The van der Waals surface area contributed by atoms with Crippen molar-refractivity contribution in [3.63, 3.8) is 0 Å². The molecule has 0 spiro atoms. The summed E-state index contributed by atoms with van der Waals surface area (Å²) >= 11 is 7.43. The van der Waals surface area contributed by atoms with Crippen LogP contribution in [0.25, 0.3) is 11.4 Å². The molecule has 0 atom stereocenters. The lowest BCUT2D eigenvalue weighted by Crippen LogP contribution is -1.94. The highest BCUT2D eigenvalue weighted by molar-refractivity contribution is 7.98. The van der Waals surface area contributed by atoms with Crippen LogP contribution in [0.4, 0.5) is 0 Å². The lowest BCUT2D eigenvalue weighted by molar-refractivity contribution is 0.391. The highest BCUT2D eigenvalue weighted by atomic mass is 35.5. The van der Waals surface area contributed by atoms with Gasteiger partial charge in [0.1, 0.15) is 6.33 Å². The number of nitrogens with zero attached hydrogens (tertiary/aromatic N) is 5. The van der Waals surface area contributed by atoms with E-state index in [2.05, 4.69) is 24.9 Å². The zero-order valence-electron chi connectivity index (χ0n) is 11.5. The second kappa shape index (κ2) is 5.73. The summed E-state index contributed by atoms with van der Waals surface area (Å²) in [5.41, 5.74) is 0.880. The van der Waals surface area contributed by atoms with Crippen LogP contribution in [0.3, 0.4) is 0 Å². The largest absolute Gasteiger partial charge is 0.338 e. The van der Waals surface area contributed by atoms with Gasteiger partial charge in [-0.1, -0.05) is 28.5 Å². The van der Waals surface area contributed by atoms with Crippen molar-refractivity contribution in [1.82, 2.24) is 24.9 Å². The summed E-state index contributed by atoms with van der Waals surface area (Å²) in [5.74, 6) is 1.71. The van der Waals surface area contributed by atoms with Gasteiger partial charge < -0.3 is 9.09 Å². The minimum atomic E-state index is 0.560. The molecule has 0 N–H and O–H groups in total. The number of benzene rings is 1. The van der Waals surface area contributed by atoms with Crippen molar-refractivity contribution in [3.05, 3.63) is 41.5 Å². The van der Waals surface area contributed by atoms with Crippen molar-refractivity contribution in [2.75, 3.05) is 0 Å². The van der Waals surface area contributed by atoms with Gasteiger partial charge in [0.2, 0.25) is 11.7 Å². The number of thioether (sulfide) groups is 1. The van der Waals surface area contributed by atoms with Crippen molar-refractivity contribution in [3.8, 4) is 11.4 Å². The molecule has 22 heavy (non-hydrogen) atoms. The molecule has 0 saturated heterocycles. The van der Waals surface area contributed by atoms with Crippen LogP contribution in [0, 0.1) is 0 Å². The first-order valence-electron chi connectivity index (χ1n) is 6.90. The average molecular weight is 334 g/mol. The van der Waals surface area contributed by atoms with Gasteiger partial charge >= 0.3 is 0 Å². The topological polar surface area (TPSA) is 69.6 Å². The Bertz CT molecular complexity index is 781. The highest BCUT2D eigenvalue weighted by Crippen LogP contribution is 2.37. The maximum absolute atomic E-state index is 5.87. The lowest BCUT2D eigenvalue weighted by atomic mass is 10.2. The van der Waals surface area contributed by atoms with Crippen LogP contribution in [-0.2, 0) is 5.75 Å². The van der Waals surface area contributed by atoms with Crippen LogP contribution in [0.5, 0.6) is 0 Å². The van der Waals surface area contributed by atoms with Crippen molar-refractivity contribution < 1.29 is 4.52 Å². The molecule has 3 aromatic rings. The van der Waals surface area contributed by atoms with Gasteiger partial charge in [-0.2, -0.15) is 4.98 Å². The molecule has 0 unspecified atom stereocenters. The maximum atomic E-state index is 5.87. The first-order chi connectivity index (χ1) is 10.8. The molecule has 0 bridgehead atoms. The Morgan fingerprint density at radius 2 is 2.09 bits per heavy atom. The van der Waals surface area contributed by atoms with Gasteiger partial charge in [0.15, 0.2) is 5.16 Å². The predicted octanol–water partition coefficient (Wildman–Crippen LogP) is 3.61. The maximum Gasteiger partial charge on any atom is 0.237 e. The zero-order chi connectivity index (χ0) is 14.9. The Morgan fingerprint density at radius 3 is 2.86 bits per heavy atom. The van der Waals surface area contributed by atoms with Gasteiger partial charge in [0.25, 0.3) is 0 Å². The number of hydrogen-bond donors (Lipinski definition) is 0. The lowest BCUT2D eigenvalue weighted by Gasteiger charge is -2.01. The van der Waals surface area contributed by atoms with Crippen molar-refractivity contribution in [2.45, 2.75) is 29.8 Å². The van der Waals surface area contributed by atoms with E-state index in [9.17, 15) is 0 Å². The van der Waals surface area contributed by atoms with Crippen LogP contribution < -0.4 is 0 Å². The van der Waals surface area contributed by atoms with E-state index in [0.29, 0.717) is 28.5 Å². The molecule has 1 aromatic carbocycles. The fourth-order valence-electron chi connectivity index (χ4n) is 2.09. The minimum absolute atomic E-state index is 0.560. The summed E-state index contributed by atoms with van der Waals surface area (Å²) in [4.78, 5) is 4.40. The smallest absolute Gasteiger partial charge is 0.237 e. The van der Waals surface area contributed by atoms with Crippen molar-refractivity contribution in [1.29, 1.82) is 0 Å². The third-order valence-electron chi connectivity index (χ3n) is 3.38. The Balaban J connectivity index is 1.45. The molecule has 0 aliphatic heterocycles. The molecule has 2 heterocycles. The number of rotatable bonds is 5. The van der Waals surface area contributed by atoms with E-state index >= 15 is 0 Å². The van der Waals surface area contributed by atoms with E-state index in [4.69, 9.17) is 16.1 Å². The molecule has 112 valence electrons.